The van der Waals surface area contributed by atoms with E-state index in [1.807, 2.05) is 0 Å². The number of carbonyl (C=O) groups excluding carboxylic acids is 1. The van der Waals surface area contributed by atoms with Crippen LogP contribution in [0.15, 0.2) is 36.5 Å². The largest absolute Gasteiger partial charge is 0.394 e. The molecule has 0 bridgehead atoms. The number of nitrogens with one attached hydrogen (secondary N) is 1. The molecule has 27 heavy (non-hydrogen) atoms. The number of carbonyl (C=O) groups is 1. The van der Waals surface area contributed by atoms with Gasteiger partial charge in [-0.25, -0.2) is 13.2 Å². The Morgan fingerprint density at radius 1 is 1.37 bits per heavy atom. The van der Waals surface area contributed by atoms with Crippen molar-refractivity contribution in [3.8, 4) is 0 Å². The summed E-state index contributed by atoms with van der Waals surface area (Å²) in [4.78, 5) is 16.7. The molecule has 1 amide bonds. The fraction of sp³-hybridized carbons (Fsp3) is 0.368. The van der Waals surface area contributed by atoms with Crippen molar-refractivity contribution in [2.45, 2.75) is 31.2 Å². The van der Waals surface area contributed by atoms with Crippen molar-refractivity contribution in [1.29, 1.82) is 0 Å². The molecule has 1 aliphatic carbocycles. The normalized spacial score (nSPS) is 21.6. The van der Waals surface area contributed by atoms with Crippen LogP contribution in [0.4, 0.5) is 13.2 Å². The molecule has 2 aromatic rings. The standard InChI is InChI=1S/C19H19F3N2O3/c20-13-4-3-12(15(21)10-13)11-24-18(26)19(22)6-5-16(27-9-8-25)17-14(19)2-1-7-23-17/h1-4,7,10,16,25H,5-6,8-9,11H2,(H,24,26). The minimum atomic E-state index is -2.33. The number of fused-ring (bicyclic) bond motifs is 1. The first-order valence-electron chi connectivity index (χ1n) is 8.54. The average molecular weight is 380 g/mol. The van der Waals surface area contributed by atoms with E-state index in [1.165, 1.54) is 24.4 Å². The van der Waals surface area contributed by atoms with Gasteiger partial charge in [0, 0.05) is 29.9 Å². The molecule has 0 saturated heterocycles. The number of hydrogen-bond acceptors (Lipinski definition) is 4. The topological polar surface area (TPSA) is 71.5 Å². The summed E-state index contributed by atoms with van der Waals surface area (Å²) in [6.07, 6.45) is 1.03. The Hall–Kier alpha value is -2.45. The van der Waals surface area contributed by atoms with Gasteiger partial charge in [0.15, 0.2) is 0 Å². The van der Waals surface area contributed by atoms with Crippen molar-refractivity contribution in [1.82, 2.24) is 10.3 Å². The molecule has 0 aliphatic heterocycles. The first kappa shape index (κ1) is 19.3. The van der Waals surface area contributed by atoms with E-state index < -0.39 is 29.3 Å². The van der Waals surface area contributed by atoms with Gasteiger partial charge in [0.2, 0.25) is 5.67 Å². The lowest BCUT2D eigenvalue weighted by molar-refractivity contribution is -0.136. The molecule has 8 heteroatoms. The van der Waals surface area contributed by atoms with Crippen molar-refractivity contribution < 1.29 is 27.8 Å². The Morgan fingerprint density at radius 3 is 2.93 bits per heavy atom. The summed E-state index contributed by atoms with van der Waals surface area (Å²) >= 11 is 0. The van der Waals surface area contributed by atoms with Gasteiger partial charge in [-0.2, -0.15) is 0 Å². The lowest BCUT2D eigenvalue weighted by Crippen LogP contribution is -2.44. The van der Waals surface area contributed by atoms with Crippen molar-refractivity contribution in [2.75, 3.05) is 13.2 Å². The summed E-state index contributed by atoms with van der Waals surface area (Å²) in [6.45, 7) is -0.365. The Morgan fingerprint density at radius 2 is 2.19 bits per heavy atom. The number of alkyl halides is 1. The van der Waals surface area contributed by atoms with Gasteiger partial charge in [0.1, 0.15) is 17.7 Å². The zero-order valence-electron chi connectivity index (χ0n) is 14.4. The smallest absolute Gasteiger partial charge is 0.262 e. The van der Waals surface area contributed by atoms with Crippen LogP contribution in [-0.4, -0.2) is 29.2 Å². The molecule has 1 aliphatic rings. The van der Waals surface area contributed by atoms with Crippen LogP contribution < -0.4 is 5.32 Å². The van der Waals surface area contributed by atoms with E-state index in [1.54, 1.807) is 0 Å². The molecule has 0 fully saturated rings. The molecule has 5 nitrogen and oxygen atoms in total. The van der Waals surface area contributed by atoms with Crippen LogP contribution in [0.3, 0.4) is 0 Å². The highest BCUT2D eigenvalue weighted by molar-refractivity contribution is 5.87. The van der Waals surface area contributed by atoms with Crippen LogP contribution in [0.1, 0.15) is 35.8 Å². The summed E-state index contributed by atoms with van der Waals surface area (Å²) in [7, 11) is 0. The number of rotatable bonds is 6. The lowest BCUT2D eigenvalue weighted by Gasteiger charge is -2.34. The van der Waals surface area contributed by atoms with Crippen LogP contribution in [0.5, 0.6) is 0 Å². The maximum Gasteiger partial charge on any atom is 0.262 e. The van der Waals surface area contributed by atoms with E-state index in [-0.39, 0.29) is 43.7 Å². The van der Waals surface area contributed by atoms with Gasteiger partial charge in [0.05, 0.1) is 18.9 Å². The molecule has 1 aromatic carbocycles. The number of nitrogens with zero attached hydrogens (tertiary/aromatic N) is 1. The van der Waals surface area contributed by atoms with Crippen molar-refractivity contribution in [3.63, 3.8) is 0 Å². The van der Waals surface area contributed by atoms with Gasteiger partial charge in [-0.15, -0.1) is 0 Å². The minimum absolute atomic E-state index is 0.0553. The molecular weight excluding hydrogens is 361 g/mol. The second-order valence-electron chi connectivity index (χ2n) is 6.28. The molecule has 2 atom stereocenters. The summed E-state index contributed by atoms with van der Waals surface area (Å²) in [5, 5.41) is 11.3. The van der Waals surface area contributed by atoms with Gasteiger partial charge in [-0.3, -0.25) is 9.78 Å². The molecule has 1 aromatic heterocycles. The zero-order valence-corrected chi connectivity index (χ0v) is 14.4. The zero-order chi connectivity index (χ0) is 19.4. The highest BCUT2D eigenvalue weighted by Gasteiger charge is 2.47. The van der Waals surface area contributed by atoms with E-state index >= 15 is 4.39 Å². The predicted octanol–water partition coefficient (Wildman–Crippen LogP) is 2.68. The second kappa shape index (κ2) is 8.06. The molecule has 2 N–H and O–H groups in total. The van der Waals surface area contributed by atoms with Gasteiger partial charge in [0.25, 0.3) is 5.91 Å². The second-order valence-corrected chi connectivity index (χ2v) is 6.28. The monoisotopic (exact) mass is 380 g/mol. The number of aliphatic hydroxyl groups is 1. The van der Waals surface area contributed by atoms with Crippen LogP contribution in [0, 0.1) is 11.6 Å². The third-order valence-electron chi connectivity index (χ3n) is 4.55. The first-order chi connectivity index (χ1) is 13.0. The van der Waals surface area contributed by atoms with Crippen LogP contribution in [0.2, 0.25) is 0 Å². The number of amides is 1. The molecule has 0 spiro atoms. The summed E-state index contributed by atoms with van der Waals surface area (Å²) in [6, 6.07) is 5.96. The van der Waals surface area contributed by atoms with E-state index in [2.05, 4.69) is 10.3 Å². The van der Waals surface area contributed by atoms with Crippen molar-refractivity contribution in [2.24, 2.45) is 0 Å². The average Bonchev–Trinajstić information content (AvgIpc) is 2.67. The van der Waals surface area contributed by atoms with Crippen LogP contribution in [0.25, 0.3) is 0 Å². The Bertz CT molecular complexity index is 834. The number of halogens is 3. The number of aromatic nitrogens is 1. The molecular formula is C19H19F3N2O3. The Balaban J connectivity index is 1.79. The van der Waals surface area contributed by atoms with E-state index in [4.69, 9.17) is 9.84 Å². The first-order valence-corrected chi connectivity index (χ1v) is 8.54. The maximum absolute atomic E-state index is 15.6. The Labute approximate surface area is 154 Å². The molecule has 1 heterocycles. The van der Waals surface area contributed by atoms with E-state index in [0.29, 0.717) is 11.8 Å². The molecule has 2 unspecified atom stereocenters. The molecule has 0 saturated carbocycles. The maximum atomic E-state index is 15.6. The highest BCUT2D eigenvalue weighted by atomic mass is 19.1. The Kier molecular flexibility index (Phi) is 5.76. The number of benzene rings is 1. The summed E-state index contributed by atoms with van der Waals surface area (Å²) in [5.41, 5.74) is -1.88. The number of pyridine rings is 1. The summed E-state index contributed by atoms with van der Waals surface area (Å²) in [5.74, 6) is -2.46. The highest BCUT2D eigenvalue weighted by Crippen LogP contribution is 2.43. The van der Waals surface area contributed by atoms with Crippen molar-refractivity contribution in [3.05, 3.63) is 65.0 Å². The fourth-order valence-corrected chi connectivity index (χ4v) is 3.18. The van der Waals surface area contributed by atoms with Crippen LogP contribution >= 0.6 is 0 Å². The number of aliphatic hydroxyl groups excluding tert-OH is 1. The van der Waals surface area contributed by atoms with Gasteiger partial charge >= 0.3 is 0 Å². The van der Waals surface area contributed by atoms with Crippen molar-refractivity contribution >= 4 is 5.91 Å². The minimum Gasteiger partial charge on any atom is -0.394 e. The predicted molar refractivity (Wildman–Crippen MR) is 90.2 cm³/mol. The van der Waals surface area contributed by atoms with Gasteiger partial charge in [-0.05, 0) is 25.0 Å². The summed E-state index contributed by atoms with van der Waals surface area (Å²) < 4.78 is 47.8. The SMILES string of the molecule is O=C(NCc1ccc(F)cc1F)C1(F)CCC(OCCO)c2ncccc21. The van der Waals surface area contributed by atoms with Crippen LogP contribution in [-0.2, 0) is 21.7 Å². The third kappa shape index (κ3) is 3.96. The molecule has 3 rings (SSSR count). The molecule has 144 valence electrons. The van der Waals surface area contributed by atoms with Gasteiger partial charge < -0.3 is 15.2 Å². The van der Waals surface area contributed by atoms with E-state index in [0.717, 1.165) is 6.07 Å². The number of hydrogen-bond donors (Lipinski definition) is 2. The molecule has 0 radical (unpaired) electrons. The lowest BCUT2D eigenvalue weighted by atomic mass is 9.80. The van der Waals surface area contributed by atoms with E-state index in [9.17, 15) is 13.6 Å². The third-order valence-corrected chi connectivity index (χ3v) is 4.55. The quantitative estimate of drug-likeness (QED) is 0.808. The fourth-order valence-electron chi connectivity index (χ4n) is 3.18. The number of ether oxygens (including phenoxy) is 1. The van der Waals surface area contributed by atoms with Gasteiger partial charge in [-0.1, -0.05) is 12.1 Å².